The van der Waals surface area contributed by atoms with Crippen molar-refractivity contribution in [3.05, 3.63) is 54.2 Å². The van der Waals surface area contributed by atoms with E-state index in [2.05, 4.69) is 84.1 Å². The molecule has 5 rings (SSSR count). The predicted octanol–water partition coefficient (Wildman–Crippen LogP) is -3.01. The number of aliphatic carboxylic acids is 2. The first-order valence-corrected chi connectivity index (χ1v) is 38.0. The van der Waals surface area contributed by atoms with Gasteiger partial charge in [0.15, 0.2) is 0 Å². The molecule has 3 aromatic rings. The quantitative estimate of drug-likeness (QED) is 0.0501. The molecule has 35 nitrogen and oxygen atoms in total. The molecule has 102 heavy (non-hydrogen) atoms. The van der Waals surface area contributed by atoms with Crippen molar-refractivity contribution >= 4 is 143 Å². The van der Waals surface area contributed by atoms with Crippen LogP contribution in [0.5, 0.6) is 0 Å². The van der Waals surface area contributed by atoms with Gasteiger partial charge in [0.1, 0.15) is 66.5 Å². The van der Waals surface area contributed by atoms with Gasteiger partial charge >= 0.3 is 11.9 Å². The molecule has 1 aromatic carbocycles. The first kappa shape index (κ1) is 84.0. The van der Waals surface area contributed by atoms with Crippen molar-refractivity contribution in [2.24, 2.45) is 17.6 Å². The lowest BCUT2D eigenvalue weighted by Crippen LogP contribution is -2.61. The van der Waals surface area contributed by atoms with Gasteiger partial charge in [0.05, 0.1) is 31.4 Å². The van der Waals surface area contributed by atoms with Crippen LogP contribution < -0.4 is 74.9 Å². The minimum Gasteiger partial charge on any atom is -0.481 e. The average molecular weight is 1500 g/mol. The van der Waals surface area contributed by atoms with Gasteiger partial charge in [-0.3, -0.25) is 71.9 Å². The molecule has 0 saturated carbocycles. The Hall–Kier alpha value is -8.66. The summed E-state index contributed by atoms with van der Waals surface area (Å²) in [6.45, 7) is 8.57. The number of hydrogen-bond acceptors (Lipinski definition) is 22. The summed E-state index contributed by atoms with van der Waals surface area (Å²) < 4.78 is 0. The van der Waals surface area contributed by atoms with Gasteiger partial charge in [-0.2, -0.15) is 0 Å². The maximum atomic E-state index is 15.2. The number of para-hydroxylation sites is 1. The number of hydrogen-bond donors (Lipinski definition) is 19. The van der Waals surface area contributed by atoms with Crippen molar-refractivity contribution in [3.63, 3.8) is 0 Å². The van der Waals surface area contributed by atoms with Gasteiger partial charge in [-0.1, -0.05) is 89.1 Å². The zero-order valence-corrected chi connectivity index (χ0v) is 60.7. The molecule has 2 fully saturated rings. The number of carbonyl (C=O) groups is 15. The van der Waals surface area contributed by atoms with E-state index >= 15 is 9.59 Å². The molecule has 13 atom stereocenters. The van der Waals surface area contributed by atoms with E-state index in [9.17, 15) is 77.6 Å². The number of aliphatic hydroxyl groups excluding tert-OH is 1. The van der Waals surface area contributed by atoms with Gasteiger partial charge in [0, 0.05) is 71.3 Å². The Bertz CT molecular complexity index is 3440. The summed E-state index contributed by atoms with van der Waals surface area (Å²) >= 11 is 0. The Kier molecular flexibility index (Phi) is 34.6. The molecular weight excluding hydrogens is 1410 g/mol. The predicted molar refractivity (Wildman–Crippen MR) is 380 cm³/mol. The molecule has 1 unspecified atom stereocenters. The van der Waals surface area contributed by atoms with Crippen LogP contribution in [0.4, 0.5) is 0 Å². The van der Waals surface area contributed by atoms with Crippen LogP contribution in [0.1, 0.15) is 104 Å². The van der Waals surface area contributed by atoms with Gasteiger partial charge in [-0.25, -0.2) is 4.98 Å². The maximum absolute atomic E-state index is 15.2. The van der Waals surface area contributed by atoms with E-state index in [4.69, 9.17) is 5.73 Å². The molecular formula is C63H93N17O18S4. The van der Waals surface area contributed by atoms with Gasteiger partial charge in [0.2, 0.25) is 76.8 Å². The number of amides is 13. The zero-order chi connectivity index (χ0) is 75.3. The summed E-state index contributed by atoms with van der Waals surface area (Å²) in [5, 5.41) is 64.0. The molecule has 562 valence electrons. The highest BCUT2D eigenvalue weighted by molar-refractivity contribution is 8.77. The second-order valence-electron chi connectivity index (χ2n) is 25.3. The van der Waals surface area contributed by atoms with Crippen LogP contribution in [0.2, 0.25) is 0 Å². The van der Waals surface area contributed by atoms with Crippen molar-refractivity contribution in [1.29, 1.82) is 0 Å². The maximum Gasteiger partial charge on any atom is 0.305 e. The van der Waals surface area contributed by atoms with Crippen molar-refractivity contribution in [1.82, 2.24) is 84.1 Å². The standard InChI is InChI=1S/C63H93N17O18S4/c1-30(2)19-42-54(89)68-26-48(82)71-39(14-15-49(83)84)56(91)75-43(20-31(3)4)59(94)73-40-16-18-100-99-17-10-13-38(55(90)77-45(61(96)74-42)22-35-25-66-29-69-35)72-53(88)32(5)70-62(97)46(78-58(93)41(65-7)23-50(85)86)27-101-102-28-47(63(98)80-51(33(6)81)52(64)87)79-60(95)44(76-57(40)92)21-34-24-67-37-12-9-8-11-36(34)37/h8-9,11-12,24-25,29-33,38-47,51,65,67,81H,10,13-23,26-28H2,1-7H3,(H2,64,87)(H,66,69)(H,68,89)(H,70,97)(H,71,82)(H,72,88)(H,73,94)(H,74,96)(H,75,91)(H,76,92)(H,77,90)(H,78,93)(H,79,95)(H,80,98)(H,83,84)(H,85,86)/t32-,33+,38-,39-,40-,41-,42-,43-,44-,45-,46-,47?,51-/m0/s1. The molecule has 0 spiro atoms. The molecule has 2 aromatic heterocycles. The van der Waals surface area contributed by atoms with E-state index in [1.165, 1.54) is 55.0 Å². The van der Waals surface area contributed by atoms with Gasteiger partial charge in [-0.05, 0) is 82.9 Å². The van der Waals surface area contributed by atoms with Crippen molar-refractivity contribution < 1.29 is 87.2 Å². The number of benzene rings is 1. The summed E-state index contributed by atoms with van der Waals surface area (Å²) in [6.07, 6.45) is 0.0888. The first-order chi connectivity index (χ1) is 48.3. The number of aromatic amines is 2. The smallest absolute Gasteiger partial charge is 0.305 e. The van der Waals surface area contributed by atoms with E-state index in [1.807, 2.05) is 0 Å². The highest BCUT2D eigenvalue weighted by Gasteiger charge is 2.38. The van der Waals surface area contributed by atoms with Crippen LogP contribution in [0.25, 0.3) is 10.9 Å². The fraction of sp³-hybridized carbons (Fsp3) is 0.587. The molecule has 2 saturated heterocycles. The summed E-state index contributed by atoms with van der Waals surface area (Å²) in [7, 11) is 5.46. The highest BCUT2D eigenvalue weighted by Crippen LogP contribution is 2.27. The van der Waals surface area contributed by atoms with Crippen molar-refractivity contribution in [3.8, 4) is 0 Å². The Morgan fingerprint density at radius 3 is 1.84 bits per heavy atom. The van der Waals surface area contributed by atoms with E-state index in [1.54, 1.807) is 58.2 Å². The first-order valence-electron chi connectivity index (χ1n) is 33.0. The highest BCUT2D eigenvalue weighted by atomic mass is 33.1. The number of imidazole rings is 1. The molecule has 13 amide bonds. The number of carboxylic acid groups (broad SMARTS) is 2. The van der Waals surface area contributed by atoms with E-state index in [0.717, 1.165) is 21.6 Å². The Labute approximate surface area is 603 Å². The molecule has 2 aliphatic heterocycles. The molecule has 4 heterocycles. The topological polar surface area (TPSA) is 544 Å². The number of rotatable bonds is 20. The largest absolute Gasteiger partial charge is 0.481 e. The lowest BCUT2D eigenvalue weighted by molar-refractivity contribution is -0.140. The van der Waals surface area contributed by atoms with E-state index in [-0.39, 0.29) is 68.3 Å². The van der Waals surface area contributed by atoms with Gasteiger partial charge < -0.3 is 100 Å². The van der Waals surface area contributed by atoms with E-state index in [0.29, 0.717) is 22.2 Å². The van der Waals surface area contributed by atoms with Crippen LogP contribution in [0.3, 0.4) is 0 Å². The number of nitrogens with zero attached hydrogens (tertiary/aromatic N) is 1. The van der Waals surface area contributed by atoms with Crippen LogP contribution >= 0.6 is 43.2 Å². The lowest BCUT2D eigenvalue weighted by Gasteiger charge is -2.28. The number of primary amides is 1. The molecule has 39 heteroatoms. The molecule has 2 bridgehead atoms. The second-order valence-corrected chi connectivity index (χ2v) is 30.6. The summed E-state index contributed by atoms with van der Waals surface area (Å²) in [6, 6.07) is -11.4. The Morgan fingerprint density at radius 2 is 1.23 bits per heavy atom. The molecule has 2 aliphatic rings. The molecule has 20 N–H and O–H groups in total. The number of nitrogens with one attached hydrogen (secondary N) is 15. The van der Waals surface area contributed by atoms with Gasteiger partial charge in [0.25, 0.3) is 0 Å². The third kappa shape index (κ3) is 27.9. The fourth-order valence-corrected chi connectivity index (χ4v) is 15.1. The number of H-pyrrole nitrogens is 2. The van der Waals surface area contributed by atoms with Gasteiger partial charge in [-0.15, -0.1) is 0 Å². The third-order valence-electron chi connectivity index (χ3n) is 16.0. The van der Waals surface area contributed by atoms with Crippen LogP contribution in [0, 0.1) is 11.8 Å². The summed E-state index contributed by atoms with van der Waals surface area (Å²) in [5.41, 5.74) is 7.04. The number of fused-ring (bicyclic) bond motifs is 9. The van der Waals surface area contributed by atoms with Crippen LogP contribution in [0.15, 0.2) is 43.0 Å². The number of carbonyl (C=O) groups excluding carboxylic acids is 13. The number of aliphatic hydroxyl groups is 1. The third-order valence-corrected chi connectivity index (χ3v) is 21.0. The molecule has 0 radical (unpaired) electrons. The minimum atomic E-state index is -1.71. The van der Waals surface area contributed by atoms with Crippen molar-refractivity contribution in [2.45, 2.75) is 184 Å². The minimum absolute atomic E-state index is 0.0144. The normalized spacial score (nSPS) is 24.7. The molecule has 0 aliphatic carbocycles. The van der Waals surface area contributed by atoms with E-state index < -0.39 is 205 Å². The average Bonchev–Trinajstić information content (AvgIpc) is 1.65. The second kappa shape index (κ2) is 42.1. The summed E-state index contributed by atoms with van der Waals surface area (Å²) in [4.78, 5) is 220. The zero-order valence-electron chi connectivity index (χ0n) is 57.4. The van der Waals surface area contributed by atoms with Crippen LogP contribution in [-0.2, 0) is 84.8 Å². The Morgan fingerprint density at radius 1 is 0.637 bits per heavy atom. The number of carboxylic acids is 2. The van der Waals surface area contributed by atoms with Crippen molar-refractivity contribution in [2.75, 3.05) is 36.6 Å². The number of nitrogens with two attached hydrogens (primary N) is 1. The number of likely N-dealkylation sites (N-methyl/N-ethyl adjacent to an activating group) is 1. The monoisotopic (exact) mass is 1500 g/mol. The van der Waals surface area contributed by atoms with Crippen LogP contribution in [-0.4, -0.2) is 234 Å². The SMILES string of the molecule is CN[C@@H](CC(=O)O)C(=O)N[C@H]1CSSCC(C(=O)N[C@H](C(N)=O)[C@@H](C)O)NC(=O)[C@H](Cc2c[nH]c3ccccc23)NC(=O)[C@@H]2CCSSCCC[C@H](NC(=O)[C@H](C)NC1=O)C(=O)N[C@@H](Cc1cnc[nH]1)C(=O)N[C@@H](CC(C)C)C(=O)NCC(=O)N[C@@H](CCC(=O)O)C(=O)N[C@@H](CC(C)C)C(=O)N2. The Balaban J connectivity index is 1.69. The fourth-order valence-electron chi connectivity index (χ4n) is 10.6. The summed E-state index contributed by atoms with van der Waals surface area (Å²) in [5.74, 6) is -16.5. The number of aromatic nitrogens is 3. The lowest BCUT2D eigenvalue weighted by atomic mass is 10.0.